The fraction of sp³-hybridized carbons (Fsp3) is 0.727. The van der Waals surface area contributed by atoms with Crippen LogP contribution in [0.15, 0.2) is 5.38 Å². The topological polar surface area (TPSA) is 62.3 Å². The predicted molar refractivity (Wildman–Crippen MR) is 73.1 cm³/mol. The maximum atomic E-state index is 12.4. The lowest BCUT2D eigenvalue weighted by Gasteiger charge is -2.27. The Hall–Kier alpha value is -0.500. The van der Waals surface area contributed by atoms with Crippen LogP contribution in [0.4, 0.5) is 0 Å². The highest BCUT2D eigenvalue weighted by atomic mass is 32.2. The third-order valence-corrected chi connectivity index (χ3v) is 6.22. The zero-order valence-electron chi connectivity index (χ0n) is 10.7. The molecule has 0 bridgehead atoms. The van der Waals surface area contributed by atoms with Crippen molar-refractivity contribution in [2.24, 2.45) is 0 Å². The molecule has 1 N–H and O–H groups in total. The van der Waals surface area contributed by atoms with Gasteiger partial charge in [0.2, 0.25) is 10.0 Å². The third kappa shape index (κ3) is 3.09. The van der Waals surface area contributed by atoms with E-state index in [0.717, 1.165) is 30.1 Å². The molecule has 1 atom stereocenters. The summed E-state index contributed by atoms with van der Waals surface area (Å²) in [6.45, 7) is 3.76. The van der Waals surface area contributed by atoms with Gasteiger partial charge in [0.15, 0.2) is 0 Å². The van der Waals surface area contributed by atoms with E-state index in [4.69, 9.17) is 0 Å². The molecule has 5 nitrogen and oxygen atoms in total. The van der Waals surface area contributed by atoms with Gasteiger partial charge in [-0.2, -0.15) is 4.31 Å². The van der Waals surface area contributed by atoms with Gasteiger partial charge in [-0.3, -0.25) is 0 Å². The molecule has 1 aromatic rings. The lowest BCUT2D eigenvalue weighted by molar-refractivity contribution is 0.427. The van der Waals surface area contributed by atoms with Gasteiger partial charge in [-0.15, -0.1) is 11.3 Å². The van der Waals surface area contributed by atoms with Gasteiger partial charge in [0.25, 0.3) is 0 Å². The molecule has 0 radical (unpaired) electrons. The summed E-state index contributed by atoms with van der Waals surface area (Å²) in [5.74, 6) is 0. The average Bonchev–Trinajstić information content (AvgIpc) is 2.76. The van der Waals surface area contributed by atoms with Crippen molar-refractivity contribution in [3.05, 3.63) is 16.1 Å². The van der Waals surface area contributed by atoms with Crippen molar-refractivity contribution in [2.75, 3.05) is 20.1 Å². The number of hydrogen-bond donors (Lipinski definition) is 1. The van der Waals surface area contributed by atoms with E-state index in [0.29, 0.717) is 13.1 Å². The summed E-state index contributed by atoms with van der Waals surface area (Å²) in [4.78, 5) is 4.31. The van der Waals surface area contributed by atoms with Crippen LogP contribution in [-0.4, -0.2) is 43.1 Å². The van der Waals surface area contributed by atoms with Crippen LogP contribution in [0, 0.1) is 6.92 Å². The molecule has 102 valence electrons. The molecule has 18 heavy (non-hydrogen) atoms. The molecule has 1 aliphatic rings. The lowest BCUT2D eigenvalue weighted by Crippen LogP contribution is -2.44. The first kappa shape index (κ1) is 13.9. The van der Waals surface area contributed by atoms with E-state index in [9.17, 15) is 8.42 Å². The van der Waals surface area contributed by atoms with Crippen LogP contribution in [0.1, 0.15) is 23.5 Å². The van der Waals surface area contributed by atoms with E-state index >= 15 is 0 Å². The normalized spacial score (nSPS) is 21.4. The number of nitrogens with zero attached hydrogens (tertiary/aromatic N) is 2. The van der Waals surface area contributed by atoms with Gasteiger partial charge < -0.3 is 5.32 Å². The summed E-state index contributed by atoms with van der Waals surface area (Å²) in [6, 6.07) is 0. The van der Waals surface area contributed by atoms with E-state index in [1.54, 1.807) is 18.4 Å². The van der Waals surface area contributed by atoms with Gasteiger partial charge in [-0.25, -0.2) is 13.4 Å². The first-order valence-corrected chi connectivity index (χ1v) is 8.45. The first-order valence-electron chi connectivity index (χ1n) is 6.07. The summed E-state index contributed by atoms with van der Waals surface area (Å²) in [7, 11) is -1.58. The minimum absolute atomic E-state index is 0.295. The van der Waals surface area contributed by atoms with Crippen LogP contribution in [0.25, 0.3) is 0 Å². The smallest absolute Gasteiger partial charge is 0.218 e. The standard InChI is InChI=1S/C11H19N3O2S2/c1-9-13-10(8-17-9)7-14(2)18(15,16)11-4-3-5-12-6-11/h8,11-12H,3-7H2,1-2H3. The Balaban J connectivity index is 2.04. The van der Waals surface area contributed by atoms with Gasteiger partial charge >= 0.3 is 0 Å². The molecular weight excluding hydrogens is 270 g/mol. The number of sulfonamides is 1. The largest absolute Gasteiger partial charge is 0.315 e. The molecule has 2 heterocycles. The zero-order valence-corrected chi connectivity index (χ0v) is 12.4. The highest BCUT2D eigenvalue weighted by molar-refractivity contribution is 7.89. The van der Waals surface area contributed by atoms with Crippen LogP contribution >= 0.6 is 11.3 Å². The number of nitrogens with one attached hydrogen (secondary N) is 1. The molecule has 1 aromatic heterocycles. The van der Waals surface area contributed by atoms with Crippen molar-refractivity contribution in [1.29, 1.82) is 0 Å². The summed E-state index contributed by atoms with van der Waals surface area (Å²) in [5, 5.41) is 5.73. The number of hydrogen-bond acceptors (Lipinski definition) is 5. The SMILES string of the molecule is Cc1nc(CN(C)S(=O)(=O)C2CCCNC2)cs1. The second-order valence-electron chi connectivity index (χ2n) is 4.63. The molecule has 0 aliphatic carbocycles. The van der Waals surface area contributed by atoms with Crippen molar-refractivity contribution in [2.45, 2.75) is 31.6 Å². The van der Waals surface area contributed by atoms with Crippen LogP contribution in [0.5, 0.6) is 0 Å². The number of piperidine rings is 1. The summed E-state index contributed by atoms with van der Waals surface area (Å²) in [5.41, 5.74) is 0.826. The van der Waals surface area contributed by atoms with E-state index in [1.165, 1.54) is 4.31 Å². The Kier molecular flexibility index (Phi) is 4.37. The highest BCUT2D eigenvalue weighted by Crippen LogP contribution is 2.18. The van der Waals surface area contributed by atoms with Crippen LogP contribution < -0.4 is 5.32 Å². The van der Waals surface area contributed by atoms with E-state index in [2.05, 4.69) is 10.3 Å². The van der Waals surface area contributed by atoms with Crippen molar-refractivity contribution in [1.82, 2.24) is 14.6 Å². The van der Waals surface area contributed by atoms with E-state index < -0.39 is 10.0 Å². The molecule has 1 unspecified atom stereocenters. The molecule has 0 spiro atoms. The molecule has 7 heteroatoms. The van der Waals surface area contributed by atoms with Gasteiger partial charge in [0, 0.05) is 19.0 Å². The molecule has 1 aliphatic heterocycles. The number of aromatic nitrogens is 1. The highest BCUT2D eigenvalue weighted by Gasteiger charge is 2.31. The van der Waals surface area contributed by atoms with Crippen molar-refractivity contribution < 1.29 is 8.42 Å². The van der Waals surface area contributed by atoms with Crippen LogP contribution in [-0.2, 0) is 16.6 Å². The predicted octanol–water partition coefficient (Wildman–Crippen LogP) is 0.965. The molecule has 0 aromatic carbocycles. The minimum atomic E-state index is -3.22. The monoisotopic (exact) mass is 289 g/mol. The summed E-state index contributed by atoms with van der Waals surface area (Å²) >= 11 is 1.55. The Morgan fingerprint density at radius 2 is 2.39 bits per heavy atom. The lowest BCUT2D eigenvalue weighted by atomic mass is 10.2. The number of thiazole rings is 1. The van der Waals surface area contributed by atoms with Crippen molar-refractivity contribution in [3.8, 4) is 0 Å². The Bertz CT molecular complexity index is 492. The zero-order chi connectivity index (χ0) is 13.2. The average molecular weight is 289 g/mol. The quantitative estimate of drug-likeness (QED) is 0.897. The summed E-state index contributed by atoms with van der Waals surface area (Å²) in [6.07, 6.45) is 1.67. The molecule has 1 saturated heterocycles. The Labute approximate surface area is 112 Å². The molecule has 2 rings (SSSR count). The second kappa shape index (κ2) is 5.64. The van der Waals surface area contributed by atoms with Gasteiger partial charge in [-0.05, 0) is 26.3 Å². The third-order valence-electron chi connectivity index (χ3n) is 3.16. The second-order valence-corrected chi connectivity index (χ2v) is 8.01. The van der Waals surface area contributed by atoms with Gasteiger partial charge in [0.1, 0.15) is 0 Å². The van der Waals surface area contributed by atoms with Crippen LogP contribution in [0.2, 0.25) is 0 Å². The number of rotatable bonds is 4. The maximum absolute atomic E-state index is 12.4. The Morgan fingerprint density at radius 1 is 1.61 bits per heavy atom. The van der Waals surface area contributed by atoms with E-state index in [-0.39, 0.29) is 5.25 Å². The van der Waals surface area contributed by atoms with Gasteiger partial charge in [0.05, 0.1) is 22.5 Å². The Morgan fingerprint density at radius 3 is 2.94 bits per heavy atom. The van der Waals surface area contributed by atoms with Gasteiger partial charge in [-0.1, -0.05) is 0 Å². The molecular formula is C11H19N3O2S2. The van der Waals surface area contributed by atoms with Crippen molar-refractivity contribution in [3.63, 3.8) is 0 Å². The molecule has 0 saturated carbocycles. The molecule has 1 fully saturated rings. The first-order chi connectivity index (χ1) is 8.50. The van der Waals surface area contributed by atoms with E-state index in [1.807, 2.05) is 12.3 Å². The molecule has 0 amide bonds. The fourth-order valence-corrected chi connectivity index (χ4v) is 4.35. The minimum Gasteiger partial charge on any atom is -0.315 e. The maximum Gasteiger partial charge on any atom is 0.218 e. The summed E-state index contributed by atoms with van der Waals surface area (Å²) < 4.78 is 26.1. The fourth-order valence-electron chi connectivity index (χ4n) is 2.13. The van der Waals surface area contributed by atoms with Crippen LogP contribution in [0.3, 0.4) is 0 Å². The van der Waals surface area contributed by atoms with Crippen molar-refractivity contribution >= 4 is 21.4 Å². The number of aryl methyl sites for hydroxylation is 1.